The lowest BCUT2D eigenvalue weighted by Crippen LogP contribution is -2.02. The number of aromatic nitrogens is 1. The van der Waals surface area contributed by atoms with Crippen molar-refractivity contribution >= 4 is 22.0 Å². The minimum absolute atomic E-state index is 0.0479. The molecule has 17 heavy (non-hydrogen) atoms. The second kappa shape index (κ2) is 3.12. The van der Waals surface area contributed by atoms with Crippen molar-refractivity contribution in [2.45, 2.75) is 0 Å². The van der Waals surface area contributed by atoms with E-state index in [-0.39, 0.29) is 11.3 Å². The lowest BCUT2D eigenvalue weighted by molar-refractivity contribution is 0.476. The first-order valence-corrected chi connectivity index (χ1v) is 4.87. The van der Waals surface area contributed by atoms with Crippen molar-refractivity contribution in [2.75, 3.05) is 0 Å². The number of nitriles is 1. The summed E-state index contributed by atoms with van der Waals surface area (Å²) in [7, 11) is 0. The van der Waals surface area contributed by atoms with Crippen LogP contribution in [-0.2, 0) is 0 Å². The Morgan fingerprint density at radius 1 is 1.29 bits per heavy atom. The first-order chi connectivity index (χ1) is 8.19. The van der Waals surface area contributed by atoms with Crippen LogP contribution in [0.4, 0.5) is 0 Å². The number of benzene rings is 1. The molecule has 5 heteroatoms. The molecule has 2 aromatic heterocycles. The second-order valence-electron chi connectivity index (χ2n) is 3.66. The molecule has 0 amide bonds. The highest BCUT2D eigenvalue weighted by Gasteiger charge is 2.10. The summed E-state index contributed by atoms with van der Waals surface area (Å²) in [6, 6.07) is 7.92. The smallest absolute Gasteiger partial charge is 0.354 e. The molecule has 0 aliphatic rings. The molecule has 0 spiro atoms. The van der Waals surface area contributed by atoms with Gasteiger partial charge in [0.1, 0.15) is 17.4 Å². The van der Waals surface area contributed by atoms with Crippen molar-refractivity contribution in [3.05, 3.63) is 40.2 Å². The first-order valence-electron chi connectivity index (χ1n) is 4.87. The molecule has 3 rings (SSSR count). The molecule has 0 atom stereocenters. The lowest BCUT2D eigenvalue weighted by Gasteiger charge is -1.92. The van der Waals surface area contributed by atoms with Crippen LogP contribution in [0, 0.1) is 11.3 Å². The van der Waals surface area contributed by atoms with Crippen LogP contribution in [0.3, 0.4) is 0 Å². The van der Waals surface area contributed by atoms with E-state index < -0.39 is 5.63 Å². The summed E-state index contributed by atoms with van der Waals surface area (Å²) in [6.07, 6.45) is 0. The fraction of sp³-hybridized carbons (Fsp3) is 0. The average molecular weight is 226 g/mol. The Labute approximate surface area is 94.5 Å². The number of fused-ring (bicyclic) bond motifs is 3. The average Bonchev–Trinajstić information content (AvgIpc) is 2.65. The molecule has 0 aliphatic carbocycles. The van der Waals surface area contributed by atoms with E-state index in [1.165, 1.54) is 18.2 Å². The molecular formula is C12H6N2O3. The largest absolute Gasteiger partial charge is 0.508 e. The van der Waals surface area contributed by atoms with E-state index in [1.807, 2.05) is 0 Å². The highest BCUT2D eigenvalue weighted by atomic mass is 16.4. The number of rotatable bonds is 0. The van der Waals surface area contributed by atoms with E-state index in [4.69, 9.17) is 9.68 Å². The van der Waals surface area contributed by atoms with E-state index in [0.29, 0.717) is 16.5 Å². The Morgan fingerprint density at radius 3 is 2.88 bits per heavy atom. The number of phenols is 1. The van der Waals surface area contributed by atoms with Crippen LogP contribution in [0.1, 0.15) is 5.56 Å². The lowest BCUT2D eigenvalue weighted by atomic mass is 10.2. The van der Waals surface area contributed by atoms with Gasteiger partial charge in [-0.1, -0.05) is 0 Å². The van der Waals surface area contributed by atoms with Crippen molar-refractivity contribution in [2.24, 2.45) is 0 Å². The molecule has 0 radical (unpaired) electrons. The van der Waals surface area contributed by atoms with Crippen LogP contribution in [0.5, 0.6) is 5.75 Å². The van der Waals surface area contributed by atoms with Crippen LogP contribution >= 0.6 is 0 Å². The van der Waals surface area contributed by atoms with Crippen molar-refractivity contribution in [3.8, 4) is 11.8 Å². The van der Waals surface area contributed by atoms with Crippen LogP contribution in [0.2, 0.25) is 0 Å². The minimum atomic E-state index is -0.677. The molecule has 0 aliphatic heterocycles. The number of hydrogen-bond acceptors (Lipinski definition) is 4. The van der Waals surface area contributed by atoms with Crippen LogP contribution in [0.15, 0.2) is 33.5 Å². The van der Waals surface area contributed by atoms with Crippen LogP contribution in [0.25, 0.3) is 22.0 Å². The van der Waals surface area contributed by atoms with Crippen molar-refractivity contribution in [1.29, 1.82) is 5.26 Å². The first kappa shape index (κ1) is 9.48. The van der Waals surface area contributed by atoms with Gasteiger partial charge in [-0.15, -0.1) is 0 Å². The predicted molar refractivity (Wildman–Crippen MR) is 60.7 cm³/mol. The van der Waals surface area contributed by atoms with Crippen molar-refractivity contribution in [3.63, 3.8) is 0 Å². The zero-order valence-corrected chi connectivity index (χ0v) is 8.52. The Balaban J connectivity index is 2.54. The second-order valence-corrected chi connectivity index (χ2v) is 3.66. The summed E-state index contributed by atoms with van der Waals surface area (Å²) in [5.74, 6) is 0.0883. The zero-order chi connectivity index (χ0) is 12.0. The number of nitrogens with zero attached hydrogens (tertiary/aromatic N) is 1. The summed E-state index contributed by atoms with van der Waals surface area (Å²) < 4.78 is 5.07. The summed E-state index contributed by atoms with van der Waals surface area (Å²) >= 11 is 0. The molecule has 0 saturated carbocycles. The monoisotopic (exact) mass is 226 g/mol. The zero-order valence-electron chi connectivity index (χ0n) is 8.52. The number of hydrogen-bond donors (Lipinski definition) is 2. The summed E-state index contributed by atoms with van der Waals surface area (Å²) in [5, 5.41) is 18.7. The minimum Gasteiger partial charge on any atom is -0.508 e. The van der Waals surface area contributed by atoms with Gasteiger partial charge in [-0.25, -0.2) is 4.79 Å². The Hall–Kier alpha value is -2.74. The van der Waals surface area contributed by atoms with Gasteiger partial charge in [-0.05, 0) is 24.3 Å². The van der Waals surface area contributed by atoms with Crippen molar-refractivity contribution in [1.82, 2.24) is 4.98 Å². The highest BCUT2D eigenvalue weighted by molar-refractivity contribution is 6.04. The maximum Gasteiger partial charge on any atom is 0.354 e. The topological polar surface area (TPSA) is 90.0 Å². The Bertz CT molecular complexity index is 836. The molecule has 5 nitrogen and oxygen atoms in total. The summed E-state index contributed by atoms with van der Waals surface area (Å²) in [4.78, 5) is 14.4. The Morgan fingerprint density at radius 2 is 2.12 bits per heavy atom. The fourth-order valence-electron chi connectivity index (χ4n) is 1.82. The van der Waals surface area contributed by atoms with E-state index in [1.54, 1.807) is 12.1 Å². The molecule has 0 saturated heterocycles. The van der Waals surface area contributed by atoms with Gasteiger partial charge in [0.25, 0.3) is 0 Å². The molecule has 0 fully saturated rings. The van der Waals surface area contributed by atoms with Gasteiger partial charge in [-0.3, -0.25) is 0 Å². The van der Waals surface area contributed by atoms with E-state index >= 15 is 0 Å². The van der Waals surface area contributed by atoms with Gasteiger partial charge < -0.3 is 14.5 Å². The molecular weight excluding hydrogens is 220 g/mol. The van der Waals surface area contributed by atoms with Crippen LogP contribution < -0.4 is 5.63 Å². The van der Waals surface area contributed by atoms with Gasteiger partial charge in [-0.2, -0.15) is 5.26 Å². The third kappa shape index (κ3) is 1.28. The summed E-state index contributed by atoms with van der Waals surface area (Å²) in [6.45, 7) is 0. The third-order valence-electron chi connectivity index (χ3n) is 2.59. The number of H-pyrrole nitrogens is 1. The number of phenolic OH excluding ortho intramolecular Hbond substituents is 1. The molecule has 82 valence electrons. The molecule has 3 aromatic rings. The third-order valence-corrected chi connectivity index (χ3v) is 2.59. The van der Waals surface area contributed by atoms with Crippen LogP contribution in [-0.4, -0.2) is 10.1 Å². The SMILES string of the molecule is N#Cc1cc2[nH]c3ccc(O)cc3c2oc1=O. The predicted octanol–water partition coefficient (Wildman–Crippen LogP) is 1.85. The van der Waals surface area contributed by atoms with Gasteiger partial charge in [0.15, 0.2) is 5.58 Å². The van der Waals surface area contributed by atoms with Gasteiger partial charge in [0, 0.05) is 10.9 Å². The normalized spacial score (nSPS) is 10.8. The number of aromatic hydroxyl groups is 1. The molecule has 1 aromatic carbocycles. The number of nitrogens with one attached hydrogen (secondary N) is 1. The van der Waals surface area contributed by atoms with Gasteiger partial charge in [0.2, 0.25) is 0 Å². The van der Waals surface area contributed by atoms with Crippen molar-refractivity contribution < 1.29 is 9.52 Å². The summed E-state index contributed by atoms with van der Waals surface area (Å²) in [5.41, 5.74) is 0.912. The quantitative estimate of drug-likeness (QED) is 0.612. The number of aromatic amines is 1. The molecule has 2 heterocycles. The van der Waals surface area contributed by atoms with Gasteiger partial charge in [0.05, 0.1) is 5.52 Å². The van der Waals surface area contributed by atoms with Gasteiger partial charge >= 0.3 is 5.63 Å². The highest BCUT2D eigenvalue weighted by Crippen LogP contribution is 2.27. The van der Waals surface area contributed by atoms with E-state index in [0.717, 1.165) is 5.52 Å². The maximum atomic E-state index is 11.4. The standard InChI is InChI=1S/C12H6N2O3/c13-5-6-3-10-11(17-12(6)16)8-4-7(15)1-2-9(8)14-10/h1-4,14-15H. The maximum absolute atomic E-state index is 11.4. The Kier molecular flexibility index (Phi) is 1.74. The molecule has 0 unspecified atom stereocenters. The van der Waals surface area contributed by atoms with E-state index in [9.17, 15) is 9.90 Å². The van der Waals surface area contributed by atoms with E-state index in [2.05, 4.69) is 4.98 Å². The molecule has 0 bridgehead atoms. The fourth-order valence-corrected chi connectivity index (χ4v) is 1.82. The molecule has 2 N–H and O–H groups in total.